The number of halogens is 1. The highest BCUT2D eigenvalue weighted by Gasteiger charge is 2.12. The van der Waals surface area contributed by atoms with Gasteiger partial charge in [-0.1, -0.05) is 22.0 Å². The van der Waals surface area contributed by atoms with Crippen molar-refractivity contribution in [2.75, 3.05) is 6.26 Å². The van der Waals surface area contributed by atoms with Crippen molar-refractivity contribution in [3.8, 4) is 11.5 Å². The summed E-state index contributed by atoms with van der Waals surface area (Å²) in [6.45, 7) is 1.66. The van der Waals surface area contributed by atoms with Crippen LogP contribution in [0.15, 0.2) is 51.8 Å². The van der Waals surface area contributed by atoms with Crippen LogP contribution in [0.1, 0.15) is 18.6 Å². The quantitative estimate of drug-likeness (QED) is 0.890. The highest BCUT2D eigenvalue weighted by Crippen LogP contribution is 2.32. The lowest BCUT2D eigenvalue weighted by atomic mass is 10.1. The van der Waals surface area contributed by atoms with Crippen LogP contribution in [0.3, 0.4) is 0 Å². The summed E-state index contributed by atoms with van der Waals surface area (Å²) < 4.78 is 29.4. The lowest BCUT2D eigenvalue weighted by molar-refractivity contribution is 0.195. The normalized spacial score (nSPS) is 13.0. The smallest absolute Gasteiger partial charge is 0.175 e. The predicted molar refractivity (Wildman–Crippen MR) is 84.4 cm³/mol. The molecule has 1 N–H and O–H groups in total. The first-order chi connectivity index (χ1) is 9.77. The van der Waals surface area contributed by atoms with Gasteiger partial charge in [0.1, 0.15) is 11.5 Å². The van der Waals surface area contributed by atoms with Crippen molar-refractivity contribution >= 4 is 25.8 Å². The molecule has 4 nitrogen and oxygen atoms in total. The first-order valence-corrected chi connectivity index (χ1v) is 8.91. The average molecular weight is 371 g/mol. The summed E-state index contributed by atoms with van der Waals surface area (Å²) in [5, 5.41) is 9.75. The highest BCUT2D eigenvalue weighted by molar-refractivity contribution is 9.10. The molecule has 0 amide bonds. The lowest BCUT2D eigenvalue weighted by Gasteiger charge is -2.13. The van der Waals surface area contributed by atoms with Crippen LogP contribution in [0, 0.1) is 0 Å². The second-order valence-corrected chi connectivity index (χ2v) is 7.64. The molecule has 0 bridgehead atoms. The Balaban J connectivity index is 2.32. The largest absolute Gasteiger partial charge is 0.457 e. The lowest BCUT2D eigenvalue weighted by Crippen LogP contribution is -1.98. The molecule has 6 heteroatoms. The highest BCUT2D eigenvalue weighted by atomic mass is 79.9. The maximum absolute atomic E-state index is 11.4. The zero-order valence-electron chi connectivity index (χ0n) is 11.6. The summed E-state index contributed by atoms with van der Waals surface area (Å²) >= 11 is 3.36. The SMILES string of the molecule is CC(O)c1ccc(Br)cc1Oc1ccc(S(C)(=O)=O)cc1. The van der Waals surface area contributed by atoms with E-state index in [1.807, 2.05) is 6.07 Å². The molecule has 112 valence electrons. The van der Waals surface area contributed by atoms with Crippen molar-refractivity contribution in [3.05, 3.63) is 52.5 Å². The molecule has 0 aromatic heterocycles. The Hall–Kier alpha value is -1.37. The molecule has 2 aromatic carbocycles. The zero-order valence-corrected chi connectivity index (χ0v) is 14.0. The Kier molecular flexibility index (Phi) is 4.70. The zero-order chi connectivity index (χ0) is 15.6. The van der Waals surface area contributed by atoms with E-state index in [0.717, 1.165) is 10.7 Å². The molecule has 0 fully saturated rings. The van der Waals surface area contributed by atoms with E-state index in [9.17, 15) is 13.5 Å². The fourth-order valence-electron chi connectivity index (χ4n) is 1.82. The maximum Gasteiger partial charge on any atom is 0.175 e. The van der Waals surface area contributed by atoms with Gasteiger partial charge >= 0.3 is 0 Å². The topological polar surface area (TPSA) is 63.6 Å². The van der Waals surface area contributed by atoms with Gasteiger partial charge in [-0.15, -0.1) is 0 Å². The minimum absolute atomic E-state index is 0.236. The Morgan fingerprint density at radius 1 is 1.14 bits per heavy atom. The fraction of sp³-hybridized carbons (Fsp3) is 0.200. The van der Waals surface area contributed by atoms with E-state index >= 15 is 0 Å². The van der Waals surface area contributed by atoms with E-state index in [1.54, 1.807) is 31.2 Å². The molecule has 21 heavy (non-hydrogen) atoms. The van der Waals surface area contributed by atoms with Gasteiger partial charge in [-0.25, -0.2) is 8.42 Å². The third-order valence-electron chi connectivity index (χ3n) is 2.91. The molecule has 0 saturated carbocycles. The van der Waals surface area contributed by atoms with E-state index in [0.29, 0.717) is 17.1 Å². The Labute approximate surface area is 132 Å². The molecule has 0 aliphatic rings. The molecular weight excluding hydrogens is 356 g/mol. The van der Waals surface area contributed by atoms with Crippen LogP contribution in [0.2, 0.25) is 0 Å². The van der Waals surface area contributed by atoms with E-state index in [2.05, 4.69) is 15.9 Å². The predicted octanol–water partition coefficient (Wildman–Crippen LogP) is 3.70. The minimum atomic E-state index is -3.22. The second-order valence-electron chi connectivity index (χ2n) is 4.70. The van der Waals surface area contributed by atoms with Crippen molar-refractivity contribution in [2.45, 2.75) is 17.9 Å². The third kappa shape index (κ3) is 4.06. The first kappa shape index (κ1) is 16.0. The second kappa shape index (κ2) is 6.17. The Morgan fingerprint density at radius 2 is 1.76 bits per heavy atom. The van der Waals surface area contributed by atoms with Crippen LogP contribution in [0.4, 0.5) is 0 Å². The van der Waals surface area contributed by atoms with E-state index in [-0.39, 0.29) is 4.90 Å². The van der Waals surface area contributed by atoms with Crippen molar-refractivity contribution in [2.24, 2.45) is 0 Å². The van der Waals surface area contributed by atoms with Gasteiger partial charge in [-0.2, -0.15) is 0 Å². The molecule has 0 spiro atoms. The summed E-state index contributed by atoms with van der Waals surface area (Å²) in [7, 11) is -3.22. The molecule has 1 unspecified atom stereocenters. The minimum Gasteiger partial charge on any atom is -0.457 e. The molecule has 1 atom stereocenters. The van der Waals surface area contributed by atoms with Crippen LogP contribution in [0.5, 0.6) is 11.5 Å². The van der Waals surface area contributed by atoms with Crippen molar-refractivity contribution in [1.82, 2.24) is 0 Å². The van der Waals surface area contributed by atoms with Crippen molar-refractivity contribution in [1.29, 1.82) is 0 Å². The van der Waals surface area contributed by atoms with Crippen LogP contribution in [0.25, 0.3) is 0 Å². The van der Waals surface area contributed by atoms with E-state index in [1.165, 1.54) is 12.1 Å². The summed E-state index contributed by atoms with van der Waals surface area (Å²) in [5.41, 5.74) is 0.658. The number of ether oxygens (including phenoxy) is 1. The van der Waals surface area contributed by atoms with Crippen molar-refractivity contribution in [3.63, 3.8) is 0 Å². The standard InChI is InChI=1S/C15H15BrO4S/c1-10(17)14-8-3-11(16)9-15(14)20-12-4-6-13(7-5-12)21(2,18)19/h3-10,17H,1-2H3. The van der Waals surface area contributed by atoms with Gasteiger partial charge in [0.2, 0.25) is 0 Å². The maximum atomic E-state index is 11.4. The molecular formula is C15H15BrO4S. The molecule has 0 aliphatic heterocycles. The molecule has 0 heterocycles. The summed E-state index contributed by atoms with van der Waals surface area (Å²) in [6, 6.07) is 11.5. The van der Waals surface area contributed by atoms with Gasteiger partial charge in [0.25, 0.3) is 0 Å². The number of aliphatic hydroxyl groups is 1. The molecule has 2 aromatic rings. The summed E-state index contributed by atoms with van der Waals surface area (Å²) in [6.07, 6.45) is 0.492. The van der Waals surface area contributed by atoms with Crippen LogP contribution < -0.4 is 4.74 Å². The third-order valence-corrected chi connectivity index (χ3v) is 4.53. The number of benzene rings is 2. The number of rotatable bonds is 4. The van der Waals surface area contributed by atoms with Gasteiger partial charge in [0.15, 0.2) is 9.84 Å². The molecule has 2 rings (SSSR count). The van der Waals surface area contributed by atoms with Gasteiger partial charge in [-0.05, 0) is 43.3 Å². The van der Waals surface area contributed by atoms with Gasteiger partial charge < -0.3 is 9.84 Å². The molecule has 0 saturated heterocycles. The van der Waals surface area contributed by atoms with Gasteiger partial charge in [-0.3, -0.25) is 0 Å². The monoisotopic (exact) mass is 370 g/mol. The van der Waals surface area contributed by atoms with Crippen LogP contribution >= 0.6 is 15.9 Å². The van der Waals surface area contributed by atoms with E-state index < -0.39 is 15.9 Å². The fourth-order valence-corrected chi connectivity index (χ4v) is 2.79. The van der Waals surface area contributed by atoms with Gasteiger partial charge in [0.05, 0.1) is 11.0 Å². The summed E-state index contributed by atoms with van der Waals surface area (Å²) in [4.78, 5) is 0.236. The number of sulfone groups is 1. The Bertz CT molecular complexity index is 737. The first-order valence-electron chi connectivity index (χ1n) is 6.23. The van der Waals surface area contributed by atoms with E-state index in [4.69, 9.17) is 4.74 Å². The number of hydrogen-bond acceptors (Lipinski definition) is 4. The average Bonchev–Trinajstić information content (AvgIpc) is 2.38. The van der Waals surface area contributed by atoms with Crippen LogP contribution in [-0.2, 0) is 9.84 Å². The number of hydrogen-bond donors (Lipinski definition) is 1. The summed E-state index contributed by atoms with van der Waals surface area (Å²) in [5.74, 6) is 1.02. The van der Waals surface area contributed by atoms with Gasteiger partial charge in [0, 0.05) is 16.3 Å². The molecule has 0 radical (unpaired) electrons. The number of aliphatic hydroxyl groups excluding tert-OH is 1. The van der Waals surface area contributed by atoms with Crippen LogP contribution in [-0.4, -0.2) is 19.8 Å². The van der Waals surface area contributed by atoms with Crippen molar-refractivity contribution < 1.29 is 18.3 Å². The Morgan fingerprint density at radius 3 is 2.29 bits per heavy atom. The molecule has 0 aliphatic carbocycles.